The zero-order valence-electron chi connectivity index (χ0n) is 30.1. The van der Waals surface area contributed by atoms with Crippen LogP contribution in [0.4, 0.5) is 15.3 Å². The van der Waals surface area contributed by atoms with Crippen LogP contribution in [0.15, 0.2) is 71.6 Å². The molecule has 53 heavy (non-hydrogen) atoms. The van der Waals surface area contributed by atoms with Crippen LogP contribution >= 0.6 is 11.6 Å². The first-order valence-corrected chi connectivity index (χ1v) is 19.9. The summed E-state index contributed by atoms with van der Waals surface area (Å²) in [5.41, 5.74) is 1.58. The molecule has 0 aromatic heterocycles. The SMILES string of the molecule is CCc1cccc(-c2c(Cl)cccc2C(O)(CCCNC(=O)OC)[C@@H]2CCCN(C(=O)N3CCC(CNS(=O)(=O)c4ccccc4[N+](=O)[O-])CC3)C2)c1. The third kappa shape index (κ3) is 9.47. The number of halogens is 1. The number of benzene rings is 3. The van der Waals surface area contributed by atoms with E-state index in [9.17, 15) is 33.2 Å². The number of carbonyl (C=O) groups is 2. The molecular weight excluding hydrogens is 722 g/mol. The summed E-state index contributed by atoms with van der Waals surface area (Å²) in [4.78, 5) is 39.6. The van der Waals surface area contributed by atoms with Gasteiger partial charge in [-0.15, -0.1) is 0 Å². The van der Waals surface area contributed by atoms with Crippen LogP contribution in [0.1, 0.15) is 56.6 Å². The summed E-state index contributed by atoms with van der Waals surface area (Å²) in [5.74, 6) is -0.388. The molecule has 2 saturated heterocycles. The van der Waals surface area contributed by atoms with Crippen molar-refractivity contribution < 1.29 is 32.8 Å². The molecular formula is C38H48ClN5O8S. The Morgan fingerprint density at radius 2 is 1.77 bits per heavy atom. The number of sulfonamides is 1. The van der Waals surface area contributed by atoms with Crippen LogP contribution in [0.3, 0.4) is 0 Å². The van der Waals surface area contributed by atoms with Crippen LogP contribution in [-0.4, -0.2) is 86.8 Å². The lowest BCUT2D eigenvalue weighted by Gasteiger charge is -2.45. The number of methoxy groups -OCH3 is 1. The van der Waals surface area contributed by atoms with Crippen molar-refractivity contribution in [3.63, 3.8) is 0 Å². The number of piperidine rings is 2. The molecule has 1 unspecified atom stereocenters. The summed E-state index contributed by atoms with van der Waals surface area (Å²) >= 11 is 6.90. The van der Waals surface area contributed by atoms with Gasteiger partial charge in [0.2, 0.25) is 10.0 Å². The van der Waals surface area contributed by atoms with Gasteiger partial charge in [0.05, 0.1) is 17.6 Å². The number of aliphatic hydroxyl groups is 1. The summed E-state index contributed by atoms with van der Waals surface area (Å²) in [6.45, 7) is 4.17. The molecule has 3 aromatic carbocycles. The molecule has 0 saturated carbocycles. The lowest BCUT2D eigenvalue weighted by atomic mass is 9.72. The molecule has 0 bridgehead atoms. The highest BCUT2D eigenvalue weighted by Crippen LogP contribution is 2.46. The average molecular weight is 770 g/mol. The summed E-state index contributed by atoms with van der Waals surface area (Å²) in [6, 6.07) is 18.8. The number of amides is 3. The van der Waals surface area contributed by atoms with Gasteiger partial charge in [-0.25, -0.2) is 22.7 Å². The summed E-state index contributed by atoms with van der Waals surface area (Å²) < 4.78 is 33.1. The smallest absolute Gasteiger partial charge is 0.406 e. The second kappa shape index (κ2) is 17.7. The Kier molecular flexibility index (Phi) is 13.4. The number of hydrogen-bond donors (Lipinski definition) is 3. The Hall–Kier alpha value is -4.24. The molecule has 0 spiro atoms. The predicted molar refractivity (Wildman–Crippen MR) is 202 cm³/mol. The number of rotatable bonds is 13. The van der Waals surface area contributed by atoms with E-state index in [-0.39, 0.29) is 29.3 Å². The fourth-order valence-electron chi connectivity index (χ4n) is 7.51. The number of likely N-dealkylation sites (tertiary alicyclic amines) is 2. The van der Waals surface area contributed by atoms with Crippen LogP contribution in [0.25, 0.3) is 11.1 Å². The van der Waals surface area contributed by atoms with E-state index < -0.39 is 32.3 Å². The third-order valence-electron chi connectivity index (χ3n) is 10.5. The number of nitrogens with zero attached hydrogens (tertiary/aromatic N) is 3. The number of urea groups is 1. The zero-order valence-corrected chi connectivity index (χ0v) is 31.7. The number of nitro groups is 1. The van der Waals surface area contributed by atoms with Gasteiger partial charge in [-0.1, -0.05) is 67.1 Å². The molecule has 0 aliphatic carbocycles. The molecule has 2 atom stereocenters. The van der Waals surface area contributed by atoms with E-state index in [2.05, 4.69) is 29.1 Å². The Morgan fingerprint density at radius 3 is 2.49 bits per heavy atom. The molecule has 286 valence electrons. The quantitative estimate of drug-likeness (QED) is 0.103. The number of hydrogen-bond acceptors (Lipinski definition) is 8. The summed E-state index contributed by atoms with van der Waals surface area (Å²) in [6.07, 6.45) is 3.51. The van der Waals surface area contributed by atoms with E-state index in [0.29, 0.717) is 81.8 Å². The summed E-state index contributed by atoms with van der Waals surface area (Å²) in [5, 5.41) is 27.5. The first-order chi connectivity index (χ1) is 25.4. The maximum Gasteiger partial charge on any atom is 0.406 e. The lowest BCUT2D eigenvalue weighted by molar-refractivity contribution is -0.387. The van der Waals surface area contributed by atoms with Gasteiger partial charge in [0.1, 0.15) is 0 Å². The van der Waals surface area contributed by atoms with E-state index in [4.69, 9.17) is 16.3 Å². The van der Waals surface area contributed by atoms with Crippen molar-refractivity contribution in [1.29, 1.82) is 0 Å². The normalized spacial score (nSPS) is 17.9. The topological polar surface area (TPSA) is 171 Å². The fraction of sp³-hybridized carbons (Fsp3) is 0.474. The Bertz CT molecular complexity index is 1890. The number of ether oxygens (including phenoxy) is 1. The molecule has 5 rings (SSSR count). The van der Waals surface area contributed by atoms with E-state index in [1.165, 1.54) is 25.3 Å². The van der Waals surface area contributed by atoms with Crippen molar-refractivity contribution in [3.05, 3.63) is 93.0 Å². The number of aryl methyl sites for hydroxylation is 1. The molecule has 2 aliphatic rings. The number of nitro benzene ring substituents is 1. The molecule has 2 heterocycles. The fourth-order valence-corrected chi connectivity index (χ4v) is 9.08. The number of carbonyl (C=O) groups excluding carboxylic acids is 2. The predicted octanol–water partition coefficient (Wildman–Crippen LogP) is 6.32. The minimum Gasteiger partial charge on any atom is -0.453 e. The minimum absolute atomic E-state index is 0.0538. The molecule has 3 aromatic rings. The molecule has 0 radical (unpaired) electrons. The monoisotopic (exact) mass is 769 g/mol. The van der Waals surface area contributed by atoms with Crippen LogP contribution in [0.5, 0.6) is 0 Å². The number of para-hydroxylation sites is 1. The van der Waals surface area contributed by atoms with Crippen molar-refractivity contribution in [3.8, 4) is 11.1 Å². The highest BCUT2D eigenvalue weighted by Gasteiger charge is 2.43. The second-order valence-electron chi connectivity index (χ2n) is 13.7. The molecule has 3 N–H and O–H groups in total. The number of alkyl carbamates (subject to hydrolysis) is 1. The first kappa shape index (κ1) is 40.0. The van der Waals surface area contributed by atoms with Gasteiger partial charge >= 0.3 is 12.1 Å². The Balaban J connectivity index is 1.30. The van der Waals surface area contributed by atoms with E-state index in [0.717, 1.165) is 29.2 Å². The molecule has 2 fully saturated rings. The average Bonchev–Trinajstić information content (AvgIpc) is 3.18. The molecule has 13 nitrogen and oxygen atoms in total. The van der Waals surface area contributed by atoms with Gasteiger partial charge in [-0.2, -0.15) is 0 Å². The van der Waals surface area contributed by atoms with Crippen LogP contribution in [-0.2, 0) is 26.8 Å². The van der Waals surface area contributed by atoms with Crippen LogP contribution < -0.4 is 10.0 Å². The highest BCUT2D eigenvalue weighted by atomic mass is 35.5. The number of nitrogens with one attached hydrogen (secondary N) is 2. The first-order valence-electron chi connectivity index (χ1n) is 18.1. The summed E-state index contributed by atoms with van der Waals surface area (Å²) in [7, 11) is -2.81. The van der Waals surface area contributed by atoms with E-state index >= 15 is 0 Å². The van der Waals surface area contributed by atoms with Crippen molar-refractivity contribution in [2.75, 3.05) is 46.4 Å². The largest absolute Gasteiger partial charge is 0.453 e. The highest BCUT2D eigenvalue weighted by molar-refractivity contribution is 7.89. The van der Waals surface area contributed by atoms with Gasteiger partial charge in [0.25, 0.3) is 5.69 Å². The Labute approximate surface area is 315 Å². The van der Waals surface area contributed by atoms with Crippen molar-refractivity contribution in [1.82, 2.24) is 19.8 Å². The van der Waals surface area contributed by atoms with Crippen LogP contribution in [0, 0.1) is 22.0 Å². The van der Waals surface area contributed by atoms with Crippen LogP contribution in [0.2, 0.25) is 5.02 Å². The van der Waals surface area contributed by atoms with Crippen molar-refractivity contribution in [2.24, 2.45) is 11.8 Å². The van der Waals surface area contributed by atoms with Crippen molar-refractivity contribution >= 4 is 39.4 Å². The van der Waals surface area contributed by atoms with Gasteiger partial charge in [-0.3, -0.25) is 10.1 Å². The Morgan fingerprint density at radius 1 is 1.04 bits per heavy atom. The third-order valence-corrected chi connectivity index (χ3v) is 12.2. The zero-order chi connectivity index (χ0) is 38.2. The van der Waals surface area contributed by atoms with Gasteiger partial charge in [0.15, 0.2) is 4.90 Å². The van der Waals surface area contributed by atoms with E-state index in [1.54, 1.807) is 9.80 Å². The second-order valence-corrected chi connectivity index (χ2v) is 15.9. The van der Waals surface area contributed by atoms with Gasteiger partial charge in [-0.05, 0) is 79.7 Å². The lowest BCUT2D eigenvalue weighted by Crippen LogP contribution is -2.53. The van der Waals surface area contributed by atoms with E-state index in [1.807, 2.05) is 30.3 Å². The maximum absolute atomic E-state index is 14.0. The molecule has 15 heteroatoms. The molecule has 2 aliphatic heterocycles. The minimum atomic E-state index is -4.11. The molecule has 3 amide bonds. The van der Waals surface area contributed by atoms with Gasteiger partial charge < -0.3 is 25.0 Å². The van der Waals surface area contributed by atoms with Gasteiger partial charge in [0, 0.05) is 61.8 Å². The standard InChI is InChI=1S/C38H48ClN5O8S/c1-3-27-10-6-11-29(24-27)35-31(13-7-14-32(35)39)38(47,19-9-20-40-36(45)52-2)30-12-8-21-43(26-30)37(46)42-22-17-28(18-23-42)25-41-53(50,51)34-16-5-4-15-33(34)44(48)49/h4-7,10-11,13-16,24,28,30,41,47H,3,8-9,12,17-23,25-26H2,1-2H3,(H,40,45)/t30-,38?/m1/s1. The van der Waals surface area contributed by atoms with Crippen molar-refractivity contribution in [2.45, 2.75) is 62.4 Å². The maximum atomic E-state index is 14.0.